The van der Waals surface area contributed by atoms with Crippen LogP contribution < -0.4 is 19.1 Å². The Bertz CT molecular complexity index is 879. The molecule has 1 aliphatic heterocycles. The second-order valence-corrected chi connectivity index (χ2v) is 7.72. The smallest absolute Gasteiger partial charge is 0.243 e. The molecule has 1 N–H and O–H groups in total. The molecule has 1 aliphatic rings. The molecular weight excluding hydrogens is 360 g/mol. The van der Waals surface area contributed by atoms with E-state index in [1.807, 2.05) is 0 Å². The summed E-state index contributed by atoms with van der Waals surface area (Å²) in [6.07, 6.45) is 2.56. The fraction of sp³-hybridized carbons (Fsp3) is 0.353. The molecule has 0 saturated carbocycles. The zero-order chi connectivity index (χ0) is 18.7. The van der Waals surface area contributed by atoms with Gasteiger partial charge in [0, 0.05) is 6.07 Å². The van der Waals surface area contributed by atoms with Crippen LogP contribution in [0.25, 0.3) is 0 Å². The van der Waals surface area contributed by atoms with Gasteiger partial charge in [-0.3, -0.25) is 9.10 Å². The monoisotopic (exact) mass is 380 g/mol. The summed E-state index contributed by atoms with van der Waals surface area (Å²) in [5.74, 6) is 1.13. The number of anilines is 1. The summed E-state index contributed by atoms with van der Waals surface area (Å²) in [6.45, 7) is 2.52. The number of amides is 1. The van der Waals surface area contributed by atoms with Crippen LogP contribution in [0, 0.1) is 0 Å². The molecule has 3 rings (SSSR count). The van der Waals surface area contributed by atoms with Crippen molar-refractivity contribution >= 4 is 21.6 Å². The summed E-state index contributed by atoms with van der Waals surface area (Å²) in [4.78, 5) is 12.5. The highest BCUT2D eigenvalue weighted by Gasteiger charge is 2.30. The van der Waals surface area contributed by atoms with Gasteiger partial charge in [-0.1, -0.05) is 0 Å². The Morgan fingerprint density at radius 3 is 2.62 bits per heavy atom. The van der Waals surface area contributed by atoms with Crippen LogP contribution >= 0.6 is 0 Å². The second-order valence-electron chi connectivity index (χ2n) is 5.86. The van der Waals surface area contributed by atoms with E-state index in [4.69, 9.17) is 13.9 Å². The fourth-order valence-electron chi connectivity index (χ4n) is 2.71. The van der Waals surface area contributed by atoms with E-state index in [0.29, 0.717) is 36.2 Å². The molecule has 26 heavy (non-hydrogen) atoms. The molecule has 0 radical (unpaired) electrons. The molecule has 0 aliphatic carbocycles. The fourth-order valence-corrected chi connectivity index (χ4v) is 3.88. The molecular formula is C17H20N2O6S. The molecule has 0 spiro atoms. The minimum Gasteiger partial charge on any atom is -0.486 e. The van der Waals surface area contributed by atoms with Crippen molar-refractivity contribution in [2.24, 2.45) is 0 Å². The maximum absolute atomic E-state index is 12.5. The molecule has 0 saturated heterocycles. The van der Waals surface area contributed by atoms with Gasteiger partial charge >= 0.3 is 0 Å². The first kappa shape index (κ1) is 18.1. The van der Waals surface area contributed by atoms with Crippen molar-refractivity contribution in [3.8, 4) is 11.5 Å². The Morgan fingerprint density at radius 2 is 1.96 bits per heavy atom. The first-order valence-electron chi connectivity index (χ1n) is 8.05. The zero-order valence-corrected chi connectivity index (χ0v) is 15.3. The summed E-state index contributed by atoms with van der Waals surface area (Å²) in [5.41, 5.74) is 0.331. The van der Waals surface area contributed by atoms with Gasteiger partial charge in [-0.2, -0.15) is 0 Å². The number of nitrogens with zero attached hydrogens (tertiary/aromatic N) is 1. The Kier molecular flexibility index (Phi) is 5.08. The number of nitrogens with one attached hydrogen (secondary N) is 1. The van der Waals surface area contributed by atoms with Crippen LogP contribution in [-0.2, 0) is 21.4 Å². The van der Waals surface area contributed by atoms with Crippen LogP contribution in [0.1, 0.15) is 12.7 Å². The van der Waals surface area contributed by atoms with Crippen molar-refractivity contribution in [1.82, 2.24) is 5.32 Å². The predicted octanol–water partition coefficient (Wildman–Crippen LogP) is 1.52. The molecule has 1 atom stereocenters. The Labute approximate surface area is 151 Å². The molecule has 9 heteroatoms. The van der Waals surface area contributed by atoms with Crippen molar-refractivity contribution in [2.75, 3.05) is 23.8 Å². The first-order valence-corrected chi connectivity index (χ1v) is 9.90. The Hall–Kier alpha value is -2.68. The van der Waals surface area contributed by atoms with E-state index in [1.54, 1.807) is 30.3 Å². The summed E-state index contributed by atoms with van der Waals surface area (Å²) >= 11 is 0. The highest BCUT2D eigenvalue weighted by Crippen LogP contribution is 2.35. The van der Waals surface area contributed by atoms with Crippen molar-refractivity contribution in [1.29, 1.82) is 0 Å². The van der Waals surface area contributed by atoms with E-state index in [2.05, 4.69) is 5.32 Å². The molecule has 0 fully saturated rings. The van der Waals surface area contributed by atoms with Crippen LogP contribution in [0.4, 0.5) is 5.69 Å². The lowest BCUT2D eigenvalue weighted by Crippen LogP contribution is -2.47. The van der Waals surface area contributed by atoms with Crippen LogP contribution in [-0.4, -0.2) is 39.8 Å². The lowest BCUT2D eigenvalue weighted by molar-refractivity contribution is -0.122. The lowest BCUT2D eigenvalue weighted by atomic mass is 10.2. The highest BCUT2D eigenvalue weighted by atomic mass is 32.2. The number of benzene rings is 1. The van der Waals surface area contributed by atoms with Crippen LogP contribution in [0.3, 0.4) is 0 Å². The largest absolute Gasteiger partial charge is 0.486 e. The number of carbonyl (C=O) groups is 1. The number of furan rings is 1. The summed E-state index contributed by atoms with van der Waals surface area (Å²) < 4.78 is 41.8. The number of sulfonamides is 1. The second kappa shape index (κ2) is 7.28. The van der Waals surface area contributed by atoms with Crippen LogP contribution in [0.5, 0.6) is 11.5 Å². The number of ether oxygens (including phenoxy) is 2. The molecule has 140 valence electrons. The topological polar surface area (TPSA) is 98.1 Å². The summed E-state index contributed by atoms with van der Waals surface area (Å²) in [5, 5.41) is 2.67. The maximum Gasteiger partial charge on any atom is 0.243 e. The third kappa shape index (κ3) is 3.93. The average molecular weight is 380 g/mol. The summed E-state index contributed by atoms with van der Waals surface area (Å²) in [7, 11) is -3.71. The predicted molar refractivity (Wildman–Crippen MR) is 94.8 cm³/mol. The zero-order valence-electron chi connectivity index (χ0n) is 14.5. The number of fused-ring (bicyclic) bond motifs is 1. The molecule has 8 nitrogen and oxygen atoms in total. The van der Waals surface area contributed by atoms with Gasteiger partial charge in [0.1, 0.15) is 25.0 Å². The van der Waals surface area contributed by atoms with Crippen molar-refractivity contribution in [3.63, 3.8) is 0 Å². The number of carbonyl (C=O) groups excluding carboxylic acids is 1. The van der Waals surface area contributed by atoms with Crippen molar-refractivity contribution in [2.45, 2.75) is 19.5 Å². The van der Waals surface area contributed by atoms with Gasteiger partial charge in [-0.15, -0.1) is 0 Å². The van der Waals surface area contributed by atoms with Crippen LogP contribution in [0.2, 0.25) is 0 Å². The molecule has 1 amide bonds. The van der Waals surface area contributed by atoms with E-state index < -0.39 is 22.0 Å². The lowest BCUT2D eigenvalue weighted by Gasteiger charge is -2.29. The van der Waals surface area contributed by atoms with Crippen molar-refractivity contribution in [3.05, 3.63) is 42.4 Å². The average Bonchev–Trinajstić information content (AvgIpc) is 3.12. The third-order valence-corrected chi connectivity index (χ3v) is 5.13. The molecule has 1 aromatic heterocycles. The minimum atomic E-state index is -3.71. The number of hydrogen-bond acceptors (Lipinski definition) is 6. The first-order chi connectivity index (χ1) is 12.4. The number of hydrogen-bond donors (Lipinski definition) is 1. The van der Waals surface area contributed by atoms with E-state index in [9.17, 15) is 13.2 Å². The highest BCUT2D eigenvalue weighted by molar-refractivity contribution is 7.92. The standard InChI is InChI=1S/C17H20N2O6S/c1-12(17(20)18-11-14-4-3-7-23-14)19(26(2,21)22)13-5-6-15-16(10-13)25-9-8-24-15/h3-7,10,12H,8-9,11H2,1-2H3,(H,18,20)/t12-/m1/s1. The van der Waals surface area contributed by atoms with Crippen LogP contribution in [0.15, 0.2) is 41.0 Å². The Balaban J connectivity index is 1.82. The maximum atomic E-state index is 12.5. The molecule has 1 aromatic carbocycles. The normalized spacial score (nSPS) is 14.5. The SMILES string of the molecule is C[C@H](C(=O)NCc1ccco1)N(c1ccc2c(c1)OCCO2)S(C)(=O)=O. The quantitative estimate of drug-likeness (QED) is 0.816. The van der Waals surface area contributed by atoms with E-state index in [-0.39, 0.29) is 6.54 Å². The van der Waals surface area contributed by atoms with Gasteiger partial charge in [0.15, 0.2) is 11.5 Å². The molecule has 0 bridgehead atoms. The number of rotatable bonds is 6. The molecule has 2 heterocycles. The van der Waals surface area contributed by atoms with Gasteiger partial charge in [0.2, 0.25) is 15.9 Å². The van der Waals surface area contributed by atoms with E-state index in [1.165, 1.54) is 13.2 Å². The molecule has 0 unspecified atom stereocenters. The van der Waals surface area contributed by atoms with E-state index >= 15 is 0 Å². The van der Waals surface area contributed by atoms with Gasteiger partial charge in [-0.05, 0) is 31.2 Å². The Morgan fingerprint density at radius 1 is 1.23 bits per heavy atom. The summed E-state index contributed by atoms with van der Waals surface area (Å²) in [6, 6.07) is 7.26. The van der Waals surface area contributed by atoms with Gasteiger partial charge in [0.25, 0.3) is 0 Å². The van der Waals surface area contributed by atoms with Gasteiger partial charge in [-0.25, -0.2) is 8.42 Å². The molecule has 2 aromatic rings. The van der Waals surface area contributed by atoms with Gasteiger partial charge < -0.3 is 19.2 Å². The minimum absolute atomic E-state index is 0.176. The van der Waals surface area contributed by atoms with Crippen molar-refractivity contribution < 1.29 is 27.1 Å². The van der Waals surface area contributed by atoms with E-state index in [0.717, 1.165) is 10.6 Å². The third-order valence-electron chi connectivity index (χ3n) is 3.89. The van der Waals surface area contributed by atoms with Gasteiger partial charge in [0.05, 0.1) is 24.8 Å².